The first-order valence-electron chi connectivity index (χ1n) is 9.18. The average Bonchev–Trinajstić information content (AvgIpc) is 2.99. The van der Waals surface area contributed by atoms with Crippen molar-refractivity contribution in [1.82, 2.24) is 4.90 Å². The highest BCUT2D eigenvalue weighted by Gasteiger charge is 2.45. The number of likely N-dealkylation sites (tertiary alicyclic amines) is 1. The Bertz CT molecular complexity index is 917. The van der Waals surface area contributed by atoms with E-state index in [1.807, 2.05) is 0 Å². The van der Waals surface area contributed by atoms with Crippen molar-refractivity contribution in [2.45, 2.75) is 12.5 Å². The number of ether oxygens (including phenoxy) is 2. The van der Waals surface area contributed by atoms with Gasteiger partial charge in [0, 0.05) is 25.8 Å². The Hall–Kier alpha value is -3.32. The highest BCUT2D eigenvalue weighted by atomic mass is 16.5. The number of hydrogen-bond donors (Lipinski definition) is 2. The summed E-state index contributed by atoms with van der Waals surface area (Å²) in [5.41, 5.74) is 1.04. The molecule has 0 aliphatic carbocycles. The molecule has 1 aliphatic heterocycles. The molecule has 1 heterocycles. The summed E-state index contributed by atoms with van der Waals surface area (Å²) in [5.74, 6) is -0.988. The molecule has 29 heavy (non-hydrogen) atoms. The fraction of sp³-hybridized carbons (Fsp3) is 0.273. The molecular formula is C22H23NO6. The highest BCUT2D eigenvalue weighted by molar-refractivity contribution is 6.46. The second-order valence-electron chi connectivity index (χ2n) is 6.66. The quantitative estimate of drug-likeness (QED) is 0.323. The minimum atomic E-state index is -0.755. The Kier molecular flexibility index (Phi) is 6.19. The second-order valence-corrected chi connectivity index (χ2v) is 6.66. The summed E-state index contributed by atoms with van der Waals surface area (Å²) >= 11 is 0. The molecule has 1 atom stereocenters. The van der Waals surface area contributed by atoms with Gasteiger partial charge < -0.3 is 24.6 Å². The number of amides is 1. The van der Waals surface area contributed by atoms with Crippen molar-refractivity contribution >= 4 is 17.4 Å². The predicted molar refractivity (Wildman–Crippen MR) is 107 cm³/mol. The Balaban J connectivity index is 2.09. The molecular weight excluding hydrogens is 374 g/mol. The van der Waals surface area contributed by atoms with Gasteiger partial charge in [-0.15, -0.1) is 0 Å². The zero-order valence-electron chi connectivity index (χ0n) is 16.3. The van der Waals surface area contributed by atoms with Crippen molar-refractivity contribution in [3.05, 3.63) is 65.2 Å². The van der Waals surface area contributed by atoms with Gasteiger partial charge in [-0.3, -0.25) is 9.59 Å². The number of carbonyl (C=O) groups excluding carboxylic acids is 2. The summed E-state index contributed by atoms with van der Waals surface area (Å²) in [4.78, 5) is 27.0. The molecule has 2 aromatic rings. The monoisotopic (exact) mass is 397 g/mol. The molecule has 2 aromatic carbocycles. The fourth-order valence-corrected chi connectivity index (χ4v) is 3.40. The van der Waals surface area contributed by atoms with Gasteiger partial charge in [-0.25, -0.2) is 0 Å². The first-order chi connectivity index (χ1) is 14.0. The van der Waals surface area contributed by atoms with Crippen molar-refractivity contribution in [3.63, 3.8) is 0 Å². The lowest BCUT2D eigenvalue weighted by atomic mass is 9.95. The molecule has 7 heteroatoms. The second kappa shape index (κ2) is 8.79. The number of hydrogen-bond acceptors (Lipinski definition) is 6. The highest BCUT2D eigenvalue weighted by Crippen LogP contribution is 2.39. The van der Waals surface area contributed by atoms with Crippen LogP contribution < -0.4 is 4.74 Å². The zero-order chi connectivity index (χ0) is 21.0. The topological polar surface area (TPSA) is 96.3 Å². The van der Waals surface area contributed by atoms with E-state index in [1.54, 1.807) is 43.5 Å². The fourth-order valence-electron chi connectivity index (χ4n) is 3.40. The van der Waals surface area contributed by atoms with Gasteiger partial charge in [-0.1, -0.05) is 12.1 Å². The van der Waals surface area contributed by atoms with Crippen LogP contribution >= 0.6 is 0 Å². The Morgan fingerprint density at radius 3 is 2.28 bits per heavy atom. The van der Waals surface area contributed by atoms with Crippen LogP contribution in [0.1, 0.15) is 23.6 Å². The first-order valence-corrected chi connectivity index (χ1v) is 9.18. The molecule has 0 spiro atoms. The zero-order valence-corrected chi connectivity index (χ0v) is 16.3. The van der Waals surface area contributed by atoms with Crippen molar-refractivity contribution in [1.29, 1.82) is 0 Å². The van der Waals surface area contributed by atoms with Gasteiger partial charge in [0.15, 0.2) is 0 Å². The van der Waals surface area contributed by atoms with E-state index >= 15 is 0 Å². The smallest absolute Gasteiger partial charge is 0.295 e. The summed E-state index contributed by atoms with van der Waals surface area (Å²) in [6, 6.07) is 12.1. The van der Waals surface area contributed by atoms with Crippen molar-refractivity contribution < 1.29 is 29.3 Å². The molecule has 2 N–H and O–H groups in total. The molecule has 1 unspecified atom stereocenters. The number of phenolic OH excluding ortho intramolecular Hbond substituents is 1. The van der Waals surface area contributed by atoms with Crippen LogP contribution in [0.25, 0.3) is 5.76 Å². The van der Waals surface area contributed by atoms with E-state index in [0.717, 1.165) is 0 Å². The number of aliphatic hydroxyl groups is 1. The molecule has 152 valence electrons. The maximum Gasteiger partial charge on any atom is 0.295 e. The van der Waals surface area contributed by atoms with Crippen LogP contribution in [0.3, 0.4) is 0 Å². The number of benzene rings is 2. The third-order valence-corrected chi connectivity index (χ3v) is 4.86. The molecule has 0 bridgehead atoms. The minimum absolute atomic E-state index is 0.0169. The SMILES string of the molecule is COCCCN1C(=O)C(=O)C(=C(O)c2ccc(OC)cc2)C1c1ccc(O)cc1. The first kappa shape index (κ1) is 20.4. The maximum atomic E-state index is 12.8. The Labute approximate surface area is 168 Å². The van der Waals surface area contributed by atoms with E-state index < -0.39 is 17.7 Å². The van der Waals surface area contributed by atoms with Gasteiger partial charge in [0.2, 0.25) is 0 Å². The lowest BCUT2D eigenvalue weighted by molar-refractivity contribution is -0.140. The molecule has 1 aliphatic rings. The van der Waals surface area contributed by atoms with E-state index in [1.165, 1.54) is 24.1 Å². The number of methoxy groups -OCH3 is 2. The number of aliphatic hydroxyl groups excluding tert-OH is 1. The lowest BCUT2D eigenvalue weighted by Crippen LogP contribution is -2.31. The molecule has 3 rings (SSSR count). The van der Waals surface area contributed by atoms with E-state index in [2.05, 4.69) is 0 Å². The standard InChI is InChI=1S/C22H23NO6/c1-28-13-3-12-23-19(14-4-8-16(24)9-5-14)18(21(26)22(23)27)20(25)15-6-10-17(29-2)11-7-15/h4-11,19,24-25H,3,12-13H2,1-2H3. The van der Waals surface area contributed by atoms with E-state index in [4.69, 9.17) is 9.47 Å². The number of rotatable bonds is 7. The van der Waals surface area contributed by atoms with Crippen molar-refractivity contribution in [2.24, 2.45) is 0 Å². The normalized spacial score (nSPS) is 18.3. The molecule has 1 amide bonds. The average molecular weight is 397 g/mol. The van der Waals surface area contributed by atoms with E-state index in [0.29, 0.717) is 36.4 Å². The van der Waals surface area contributed by atoms with Crippen molar-refractivity contribution in [2.75, 3.05) is 27.4 Å². The Morgan fingerprint density at radius 2 is 1.69 bits per heavy atom. The van der Waals surface area contributed by atoms with E-state index in [-0.39, 0.29) is 17.1 Å². The summed E-state index contributed by atoms with van der Waals surface area (Å²) in [6.45, 7) is 0.729. The number of nitrogens with zero attached hydrogens (tertiary/aromatic N) is 1. The van der Waals surface area contributed by atoms with Crippen LogP contribution in [-0.2, 0) is 14.3 Å². The molecule has 0 saturated carbocycles. The number of carbonyl (C=O) groups is 2. The molecule has 0 aromatic heterocycles. The van der Waals surface area contributed by atoms with Gasteiger partial charge in [-0.2, -0.15) is 0 Å². The van der Waals surface area contributed by atoms with Gasteiger partial charge in [0.25, 0.3) is 11.7 Å². The largest absolute Gasteiger partial charge is 0.508 e. The van der Waals surface area contributed by atoms with Crippen LogP contribution in [0.4, 0.5) is 0 Å². The van der Waals surface area contributed by atoms with Crippen LogP contribution in [-0.4, -0.2) is 54.2 Å². The summed E-state index contributed by atoms with van der Waals surface area (Å²) < 4.78 is 10.2. The van der Waals surface area contributed by atoms with Gasteiger partial charge in [-0.05, 0) is 48.4 Å². The third-order valence-electron chi connectivity index (χ3n) is 4.86. The van der Waals surface area contributed by atoms with Gasteiger partial charge in [0.05, 0.1) is 18.7 Å². The number of aromatic hydroxyl groups is 1. The van der Waals surface area contributed by atoms with Gasteiger partial charge in [0.1, 0.15) is 17.3 Å². The molecule has 7 nitrogen and oxygen atoms in total. The van der Waals surface area contributed by atoms with E-state index in [9.17, 15) is 19.8 Å². The van der Waals surface area contributed by atoms with Crippen molar-refractivity contribution in [3.8, 4) is 11.5 Å². The summed E-state index contributed by atoms with van der Waals surface area (Å²) in [6.07, 6.45) is 0.542. The van der Waals surface area contributed by atoms with Crippen LogP contribution in [0.5, 0.6) is 11.5 Å². The molecule has 1 fully saturated rings. The number of ketones is 1. The van der Waals surface area contributed by atoms with Crippen LogP contribution in [0, 0.1) is 0 Å². The maximum absolute atomic E-state index is 12.8. The summed E-state index contributed by atoms with van der Waals surface area (Å²) in [5, 5.41) is 20.5. The molecule has 0 radical (unpaired) electrons. The predicted octanol–water partition coefficient (Wildman–Crippen LogP) is 2.86. The van der Waals surface area contributed by atoms with Gasteiger partial charge >= 0.3 is 0 Å². The van der Waals surface area contributed by atoms with Crippen LogP contribution in [0.2, 0.25) is 0 Å². The lowest BCUT2D eigenvalue weighted by Gasteiger charge is -2.25. The Morgan fingerprint density at radius 1 is 1.03 bits per heavy atom. The number of phenols is 1. The minimum Gasteiger partial charge on any atom is -0.508 e. The molecule has 1 saturated heterocycles. The van der Waals surface area contributed by atoms with Crippen LogP contribution in [0.15, 0.2) is 54.1 Å². The number of Topliss-reactive ketones (excluding diaryl/α,β-unsaturated/α-hetero) is 1. The third kappa shape index (κ3) is 4.09. The summed E-state index contributed by atoms with van der Waals surface area (Å²) in [7, 11) is 3.10.